The Labute approximate surface area is 223 Å². The first-order valence-electron chi connectivity index (χ1n) is 10.6. The van der Waals surface area contributed by atoms with Crippen molar-refractivity contribution in [2.75, 3.05) is 6.54 Å². The number of rotatable bonds is 7. The van der Waals surface area contributed by atoms with Gasteiger partial charge in [-0.25, -0.2) is 4.79 Å². The van der Waals surface area contributed by atoms with Gasteiger partial charge in [-0.3, -0.25) is 14.3 Å². The van der Waals surface area contributed by atoms with Gasteiger partial charge in [-0.05, 0) is 41.7 Å². The number of carboxylic acids is 1. The Bertz CT molecular complexity index is 1460. The van der Waals surface area contributed by atoms with E-state index in [1.54, 1.807) is 0 Å². The van der Waals surface area contributed by atoms with Crippen molar-refractivity contribution in [1.29, 1.82) is 0 Å². The first kappa shape index (κ1) is 28.2. The fraction of sp³-hybridized carbons (Fsp3) is 0.227. The number of thioether (sulfide) groups is 1. The van der Waals surface area contributed by atoms with Crippen molar-refractivity contribution >= 4 is 46.3 Å². The minimum atomic E-state index is -5.03. The van der Waals surface area contributed by atoms with E-state index in [0.717, 1.165) is 11.8 Å². The van der Waals surface area contributed by atoms with Crippen LogP contribution in [-0.2, 0) is 23.6 Å². The second kappa shape index (κ2) is 10.4. The van der Waals surface area contributed by atoms with Crippen LogP contribution < -0.4 is 4.90 Å². The smallest absolute Gasteiger partial charge is 0.416 e. The summed E-state index contributed by atoms with van der Waals surface area (Å²) in [6.07, 6.45) is -8.81. The number of carbonyl (C=O) groups excluding carboxylic acids is 1. The fourth-order valence-electron chi connectivity index (χ4n) is 3.55. The molecule has 4 rings (SSSR count). The van der Waals surface area contributed by atoms with Crippen LogP contribution in [0.15, 0.2) is 44.3 Å². The Morgan fingerprint density at radius 2 is 1.79 bits per heavy atom. The Morgan fingerprint density at radius 3 is 2.38 bits per heavy atom. The molecule has 1 saturated heterocycles. The lowest BCUT2D eigenvalue weighted by molar-refractivity contribution is -0.807. The molecule has 0 saturated carbocycles. The highest BCUT2D eigenvalue weighted by molar-refractivity contribution is 8.26. The highest BCUT2D eigenvalue weighted by Crippen LogP contribution is 2.39. The molecule has 1 aliphatic heterocycles. The Kier molecular flexibility index (Phi) is 7.48. The Hall–Kier alpha value is -3.86. The summed E-state index contributed by atoms with van der Waals surface area (Å²) in [4.78, 5) is 25.1. The zero-order valence-electron chi connectivity index (χ0n) is 19.0. The third-order valence-corrected chi connectivity index (χ3v) is 6.72. The summed E-state index contributed by atoms with van der Waals surface area (Å²) in [5, 5.41) is 23.8. The maximum Gasteiger partial charge on any atom is 0.416 e. The molecule has 0 aliphatic carbocycles. The first-order chi connectivity index (χ1) is 18.1. The molecular formula is C22H13F6N3O6S2. The number of hydrogen-bond acceptors (Lipinski definition) is 8. The molecule has 206 valence electrons. The van der Waals surface area contributed by atoms with Crippen molar-refractivity contribution in [2.45, 2.75) is 25.2 Å². The topological polar surface area (TPSA) is 124 Å². The predicted molar refractivity (Wildman–Crippen MR) is 125 cm³/mol. The summed E-state index contributed by atoms with van der Waals surface area (Å²) < 4.78 is 88.9. The number of thiocarbonyl (C=S) groups is 1. The monoisotopic (exact) mass is 593 g/mol. The second-order valence-corrected chi connectivity index (χ2v) is 9.64. The van der Waals surface area contributed by atoms with E-state index in [1.807, 2.05) is 0 Å². The van der Waals surface area contributed by atoms with E-state index in [9.17, 15) is 41.1 Å². The van der Waals surface area contributed by atoms with Gasteiger partial charge in [-0.1, -0.05) is 24.0 Å². The molecule has 0 bridgehead atoms. The minimum absolute atomic E-state index is 0.000103. The van der Waals surface area contributed by atoms with Crippen LogP contribution in [0.5, 0.6) is 0 Å². The van der Waals surface area contributed by atoms with Gasteiger partial charge in [0.15, 0.2) is 0 Å². The lowest BCUT2D eigenvalue weighted by Gasteiger charge is -2.13. The number of amides is 1. The van der Waals surface area contributed by atoms with Crippen LogP contribution in [0, 0.1) is 5.21 Å². The number of halogens is 6. The standard InChI is InChI=1S/C22H13F6N3O6S2/c23-21(24,25)11-6-10(7-12(8-11)22(26,27)28)15-4-3-13(36-15)9-16-18(32)30(20(38)39-16)5-1-2-14-17(19(33)34)29-37-31(14)35/h3-4,6-9H,1-2,5H2,(H,33,34)/b16-9-. The van der Waals surface area contributed by atoms with E-state index in [4.69, 9.17) is 21.7 Å². The largest absolute Gasteiger partial charge is 0.475 e. The maximum absolute atomic E-state index is 13.2. The zero-order valence-corrected chi connectivity index (χ0v) is 20.6. The van der Waals surface area contributed by atoms with Crippen molar-refractivity contribution in [1.82, 2.24) is 10.1 Å². The molecule has 1 fully saturated rings. The zero-order chi connectivity index (χ0) is 28.7. The van der Waals surface area contributed by atoms with Gasteiger partial charge in [-0.15, -0.1) is 0 Å². The Morgan fingerprint density at radius 1 is 1.15 bits per heavy atom. The van der Waals surface area contributed by atoms with Crippen molar-refractivity contribution in [3.05, 3.63) is 68.7 Å². The predicted octanol–water partition coefficient (Wildman–Crippen LogP) is 5.14. The quantitative estimate of drug-likeness (QED) is 0.172. The van der Waals surface area contributed by atoms with E-state index >= 15 is 0 Å². The normalized spacial score (nSPS) is 15.5. The van der Waals surface area contributed by atoms with Crippen molar-refractivity contribution in [3.63, 3.8) is 0 Å². The molecular weight excluding hydrogens is 580 g/mol. The van der Waals surface area contributed by atoms with Crippen molar-refractivity contribution < 1.29 is 55.0 Å². The van der Waals surface area contributed by atoms with Crippen LogP contribution in [0.25, 0.3) is 17.4 Å². The van der Waals surface area contributed by atoms with Gasteiger partial charge in [0.2, 0.25) is 5.69 Å². The summed E-state index contributed by atoms with van der Waals surface area (Å²) in [6.45, 7) is 0.000103. The number of hydrogen-bond donors (Lipinski definition) is 1. The molecule has 9 nitrogen and oxygen atoms in total. The lowest BCUT2D eigenvalue weighted by atomic mass is 10.0. The average molecular weight is 593 g/mol. The summed E-state index contributed by atoms with van der Waals surface area (Å²) in [6, 6.07) is 3.48. The molecule has 1 aliphatic rings. The molecule has 1 amide bonds. The SMILES string of the molecule is O=C(O)c1no[n+]([O-])c1CCCN1C(=O)/C(=C/c2ccc(-c3cc(C(F)(F)F)cc(C(F)(F)F)c3)o2)SC1=S. The third kappa shape index (κ3) is 6.08. The minimum Gasteiger partial charge on any atom is -0.475 e. The Balaban J connectivity index is 1.51. The molecule has 39 heavy (non-hydrogen) atoms. The van der Waals surface area contributed by atoms with E-state index in [-0.39, 0.29) is 56.8 Å². The number of carboxylic acid groups (broad SMARTS) is 1. The molecule has 3 aromatic rings. The van der Waals surface area contributed by atoms with E-state index < -0.39 is 46.6 Å². The van der Waals surface area contributed by atoms with Gasteiger partial charge in [0.05, 0.1) is 21.2 Å². The van der Waals surface area contributed by atoms with Gasteiger partial charge in [0, 0.05) is 24.6 Å². The van der Waals surface area contributed by atoms with Crippen LogP contribution in [0.2, 0.25) is 0 Å². The molecule has 0 spiro atoms. The summed E-state index contributed by atoms with van der Waals surface area (Å²) >= 11 is 6.06. The van der Waals surface area contributed by atoms with Crippen LogP contribution in [0.3, 0.4) is 0 Å². The molecule has 3 heterocycles. The van der Waals surface area contributed by atoms with E-state index in [2.05, 4.69) is 9.79 Å². The van der Waals surface area contributed by atoms with Crippen LogP contribution in [-0.4, -0.2) is 37.9 Å². The molecule has 17 heteroatoms. The van der Waals surface area contributed by atoms with E-state index in [0.29, 0.717) is 12.1 Å². The van der Waals surface area contributed by atoms with Gasteiger partial charge < -0.3 is 14.7 Å². The number of carbonyl (C=O) groups is 2. The molecule has 0 radical (unpaired) electrons. The van der Waals surface area contributed by atoms with Gasteiger partial charge in [0.25, 0.3) is 5.91 Å². The van der Waals surface area contributed by atoms with Crippen LogP contribution in [0.1, 0.15) is 39.5 Å². The lowest BCUT2D eigenvalue weighted by Crippen LogP contribution is -2.32. The number of aromatic nitrogens is 2. The summed E-state index contributed by atoms with van der Waals surface area (Å²) in [5.74, 6) is -2.35. The first-order valence-corrected chi connectivity index (χ1v) is 11.8. The van der Waals surface area contributed by atoms with Crippen LogP contribution in [0.4, 0.5) is 26.3 Å². The summed E-state index contributed by atoms with van der Waals surface area (Å²) in [7, 11) is 0. The number of benzene rings is 1. The van der Waals surface area contributed by atoms with Gasteiger partial charge in [-0.2, -0.15) is 26.3 Å². The fourth-order valence-corrected chi connectivity index (χ4v) is 4.84. The van der Waals surface area contributed by atoms with Crippen LogP contribution >= 0.6 is 24.0 Å². The molecule has 0 unspecified atom stereocenters. The molecule has 1 N–H and O–H groups in total. The highest BCUT2D eigenvalue weighted by Gasteiger charge is 2.37. The molecule has 1 aromatic carbocycles. The number of nitrogens with zero attached hydrogens (tertiary/aromatic N) is 3. The number of aromatic carboxylic acids is 1. The number of furan rings is 1. The maximum atomic E-state index is 13.2. The van der Waals surface area contributed by atoms with Gasteiger partial charge in [0.1, 0.15) is 15.8 Å². The summed E-state index contributed by atoms with van der Waals surface area (Å²) in [5.41, 5.74) is -4.28. The third-order valence-electron chi connectivity index (χ3n) is 5.34. The van der Waals surface area contributed by atoms with Gasteiger partial charge >= 0.3 is 24.0 Å². The average Bonchev–Trinajstić information content (AvgIpc) is 3.52. The number of alkyl halides is 6. The van der Waals surface area contributed by atoms with Crippen molar-refractivity contribution in [3.8, 4) is 11.3 Å². The van der Waals surface area contributed by atoms with E-state index in [1.165, 1.54) is 23.1 Å². The molecule has 0 atom stereocenters. The molecule has 2 aromatic heterocycles. The van der Waals surface area contributed by atoms with Crippen molar-refractivity contribution in [2.24, 2.45) is 0 Å². The second-order valence-electron chi connectivity index (χ2n) is 7.96. The highest BCUT2D eigenvalue weighted by atomic mass is 32.2.